The summed E-state index contributed by atoms with van der Waals surface area (Å²) in [5.74, 6) is -0.877. The molecule has 1 aromatic heterocycles. The molecule has 2 heterocycles. The molecule has 10 nitrogen and oxygen atoms in total. The molecule has 2 fully saturated rings. The first kappa shape index (κ1) is 29.5. The molecule has 1 saturated carbocycles. The van der Waals surface area contributed by atoms with Crippen LogP contribution in [0.25, 0.3) is 0 Å². The minimum Gasteiger partial charge on any atom is -0.465 e. The van der Waals surface area contributed by atoms with Crippen LogP contribution in [0, 0.1) is 5.82 Å². The average molecular weight is 590 g/mol. The van der Waals surface area contributed by atoms with E-state index < -0.39 is 23.9 Å². The quantitative estimate of drug-likeness (QED) is 0.494. The van der Waals surface area contributed by atoms with Gasteiger partial charge in [-0.1, -0.05) is 24.6 Å². The molecule has 0 radical (unpaired) electrons. The van der Waals surface area contributed by atoms with Crippen LogP contribution in [0.4, 0.5) is 15.0 Å². The topological polar surface area (TPSA) is 119 Å². The Hall–Kier alpha value is -3.02. The van der Waals surface area contributed by atoms with Gasteiger partial charge in [0.2, 0.25) is 5.91 Å². The number of aliphatic hydroxyl groups is 1. The second-order valence-corrected chi connectivity index (χ2v) is 11.7. The van der Waals surface area contributed by atoms with E-state index in [0.29, 0.717) is 56.7 Å². The molecule has 12 heteroatoms. The zero-order valence-corrected chi connectivity index (χ0v) is 24.1. The normalized spacial score (nSPS) is 25.1. The number of piperazine rings is 1. The molecule has 2 aromatic rings. The van der Waals surface area contributed by atoms with Crippen LogP contribution in [-0.4, -0.2) is 94.0 Å². The van der Waals surface area contributed by atoms with Gasteiger partial charge in [0.1, 0.15) is 18.0 Å². The molecule has 1 saturated heterocycles. The number of aromatic nitrogens is 2. The van der Waals surface area contributed by atoms with E-state index in [2.05, 4.69) is 14.9 Å². The van der Waals surface area contributed by atoms with Crippen LogP contribution in [0.1, 0.15) is 73.8 Å². The Bertz CT molecular complexity index is 1270. The lowest BCUT2D eigenvalue weighted by Crippen LogP contribution is -2.52. The number of aliphatic hydroxyl groups excluding tert-OH is 1. The third kappa shape index (κ3) is 6.12. The predicted octanol–water partition coefficient (Wildman–Crippen LogP) is 4.18. The van der Waals surface area contributed by atoms with Crippen LogP contribution >= 0.6 is 11.6 Å². The number of fused-ring (bicyclic) bond motifs is 1. The van der Waals surface area contributed by atoms with Gasteiger partial charge in [0.05, 0.1) is 28.8 Å². The zero-order chi connectivity index (χ0) is 29.3. The van der Waals surface area contributed by atoms with Gasteiger partial charge < -0.3 is 29.6 Å². The van der Waals surface area contributed by atoms with Crippen molar-refractivity contribution in [2.45, 2.75) is 69.1 Å². The number of nitrogens with zero attached hydrogens (tertiary/aromatic N) is 5. The van der Waals surface area contributed by atoms with Gasteiger partial charge in [-0.15, -0.1) is 0 Å². The molecular formula is C29H37ClFN5O5. The van der Waals surface area contributed by atoms with Crippen molar-refractivity contribution in [1.29, 1.82) is 0 Å². The molecule has 3 aliphatic rings. The first-order valence-corrected chi connectivity index (χ1v) is 14.6. The summed E-state index contributed by atoms with van der Waals surface area (Å²) in [5.41, 5.74) is 2.02. The molecule has 2 N–H and O–H groups in total. The predicted molar refractivity (Wildman–Crippen MR) is 151 cm³/mol. The van der Waals surface area contributed by atoms with E-state index in [1.54, 1.807) is 18.1 Å². The summed E-state index contributed by atoms with van der Waals surface area (Å²) in [4.78, 5) is 40.4. The molecule has 1 aromatic carbocycles. The lowest BCUT2D eigenvalue weighted by Gasteiger charge is -2.40. The summed E-state index contributed by atoms with van der Waals surface area (Å²) in [7, 11) is 1.66. The van der Waals surface area contributed by atoms with Crippen LogP contribution in [0.3, 0.4) is 0 Å². The number of rotatable bonds is 7. The van der Waals surface area contributed by atoms with Crippen LogP contribution in [0.5, 0.6) is 0 Å². The highest BCUT2D eigenvalue weighted by molar-refractivity contribution is 6.30. The molecular weight excluding hydrogens is 553 g/mol. The third-order valence-electron chi connectivity index (χ3n) is 8.86. The van der Waals surface area contributed by atoms with Crippen molar-refractivity contribution in [2.24, 2.45) is 0 Å². The fraction of sp³-hybridized carbons (Fsp3) is 0.586. The number of benzene rings is 1. The first-order chi connectivity index (χ1) is 19.7. The van der Waals surface area contributed by atoms with Crippen molar-refractivity contribution < 1.29 is 28.9 Å². The number of carbonyl (C=O) groups is 2. The maximum atomic E-state index is 14.5. The second kappa shape index (κ2) is 12.5. The average Bonchev–Trinajstić information content (AvgIpc) is 3.28. The molecule has 3 atom stereocenters. The smallest absolute Gasteiger partial charge is 0.407 e. The SMILES string of the molecule is COC1CCC(N(CC(C(=O)N2CCN(c3ncnc4c3[C@H](C)C[C@H]4O)CC2)c2ccc(Cl)c(F)c2)C(=O)O)CC1. The summed E-state index contributed by atoms with van der Waals surface area (Å²) >= 11 is 5.93. The van der Waals surface area contributed by atoms with E-state index >= 15 is 0 Å². The standard InChI is InChI=1S/C29H37ClFN5O5/c1-17-13-24(37)26-25(17)27(33-16-32-26)34-9-11-35(12-10-34)28(38)21(18-3-8-22(30)23(31)14-18)15-36(29(39)40)19-4-6-20(41-2)7-5-19/h3,8,14,16-17,19-21,24,37H,4-7,9-13,15H2,1-2H3,(H,39,40)/t17-,19?,20?,21?,24-/m1/s1. The highest BCUT2D eigenvalue weighted by atomic mass is 35.5. The summed E-state index contributed by atoms with van der Waals surface area (Å²) in [5, 5.41) is 20.5. The number of halogens is 2. The highest BCUT2D eigenvalue weighted by Crippen LogP contribution is 2.43. The largest absolute Gasteiger partial charge is 0.465 e. The van der Waals surface area contributed by atoms with Gasteiger partial charge in [0.15, 0.2) is 0 Å². The minimum atomic E-state index is -1.10. The minimum absolute atomic E-state index is 0.0572. The van der Waals surface area contributed by atoms with Gasteiger partial charge in [-0.3, -0.25) is 4.79 Å². The van der Waals surface area contributed by atoms with Crippen molar-refractivity contribution >= 4 is 29.4 Å². The van der Waals surface area contributed by atoms with Gasteiger partial charge in [-0.2, -0.15) is 0 Å². The maximum Gasteiger partial charge on any atom is 0.407 e. The highest BCUT2D eigenvalue weighted by Gasteiger charge is 2.37. The number of hydrogen-bond acceptors (Lipinski definition) is 7. The van der Waals surface area contributed by atoms with Crippen molar-refractivity contribution in [1.82, 2.24) is 19.8 Å². The van der Waals surface area contributed by atoms with Crippen LogP contribution < -0.4 is 4.90 Å². The number of anilines is 1. The number of carboxylic acid groups (broad SMARTS) is 1. The second-order valence-electron chi connectivity index (χ2n) is 11.3. The Labute approximate surface area is 244 Å². The van der Waals surface area contributed by atoms with Crippen molar-refractivity contribution in [3.05, 3.63) is 52.2 Å². The van der Waals surface area contributed by atoms with E-state index in [1.165, 1.54) is 23.4 Å². The molecule has 5 rings (SSSR count). The Morgan fingerprint density at radius 1 is 1.17 bits per heavy atom. The summed E-state index contributed by atoms with van der Waals surface area (Å²) in [6.07, 6.45) is 3.22. The van der Waals surface area contributed by atoms with Gasteiger partial charge in [-0.05, 0) is 55.7 Å². The molecule has 222 valence electrons. The van der Waals surface area contributed by atoms with Gasteiger partial charge >= 0.3 is 6.09 Å². The molecule has 2 amide bonds. The summed E-state index contributed by atoms with van der Waals surface area (Å²) in [6.45, 7) is 3.80. The Balaban J connectivity index is 1.34. The number of methoxy groups -OCH3 is 1. The lowest BCUT2D eigenvalue weighted by atomic mass is 9.90. The van der Waals surface area contributed by atoms with Crippen molar-refractivity contribution in [3.8, 4) is 0 Å². The van der Waals surface area contributed by atoms with Gasteiger partial charge in [0.25, 0.3) is 0 Å². The van der Waals surface area contributed by atoms with E-state index in [9.17, 15) is 24.2 Å². The van der Waals surface area contributed by atoms with Crippen molar-refractivity contribution in [2.75, 3.05) is 44.7 Å². The lowest BCUT2D eigenvalue weighted by molar-refractivity contribution is -0.133. The molecule has 0 spiro atoms. The van der Waals surface area contributed by atoms with E-state index in [1.807, 2.05) is 6.92 Å². The monoisotopic (exact) mass is 589 g/mol. The number of amides is 2. The first-order valence-electron chi connectivity index (χ1n) is 14.2. The van der Waals surface area contributed by atoms with E-state index in [4.69, 9.17) is 16.3 Å². The molecule has 0 bridgehead atoms. The Kier molecular flexibility index (Phi) is 8.96. The number of carbonyl (C=O) groups excluding carboxylic acids is 1. The molecule has 41 heavy (non-hydrogen) atoms. The molecule has 1 unspecified atom stereocenters. The fourth-order valence-corrected chi connectivity index (χ4v) is 6.66. The maximum absolute atomic E-state index is 14.5. The summed E-state index contributed by atoms with van der Waals surface area (Å²) < 4.78 is 20.0. The van der Waals surface area contributed by atoms with Gasteiger partial charge in [-0.25, -0.2) is 19.2 Å². The van der Waals surface area contributed by atoms with Crippen molar-refractivity contribution in [3.63, 3.8) is 0 Å². The molecule has 2 aliphatic carbocycles. The summed E-state index contributed by atoms with van der Waals surface area (Å²) in [6, 6.07) is 3.99. The Morgan fingerprint density at radius 3 is 2.51 bits per heavy atom. The van der Waals surface area contributed by atoms with E-state index in [-0.39, 0.29) is 35.5 Å². The number of hydrogen-bond donors (Lipinski definition) is 2. The fourth-order valence-electron chi connectivity index (χ4n) is 6.54. The van der Waals surface area contributed by atoms with Gasteiger partial charge in [0, 0.05) is 51.4 Å². The van der Waals surface area contributed by atoms with E-state index in [0.717, 1.165) is 24.2 Å². The van der Waals surface area contributed by atoms with Crippen LogP contribution in [-0.2, 0) is 9.53 Å². The van der Waals surface area contributed by atoms with Crippen LogP contribution in [0.2, 0.25) is 5.02 Å². The zero-order valence-electron chi connectivity index (χ0n) is 23.4. The van der Waals surface area contributed by atoms with Crippen LogP contribution in [0.15, 0.2) is 24.5 Å². The molecule has 1 aliphatic heterocycles. The Morgan fingerprint density at radius 2 is 1.88 bits per heavy atom. The third-order valence-corrected chi connectivity index (χ3v) is 9.16. The number of ether oxygens (including phenoxy) is 1.